The van der Waals surface area contributed by atoms with Gasteiger partial charge in [0.2, 0.25) is 0 Å². The Bertz CT molecular complexity index is 216. The molecule has 0 aromatic heterocycles. The van der Waals surface area contributed by atoms with Crippen molar-refractivity contribution < 1.29 is 73.4 Å². The van der Waals surface area contributed by atoms with Crippen LogP contribution < -0.4 is 0 Å². The molecule has 0 atom stereocenters. The fourth-order valence-electron chi connectivity index (χ4n) is 0.612. The summed E-state index contributed by atoms with van der Waals surface area (Å²) in [5.74, 6) is 0. The number of rotatable bonds is 3. The van der Waals surface area contributed by atoms with Crippen molar-refractivity contribution in [3.05, 3.63) is 0 Å². The molecule has 21 heteroatoms. The Hall–Kier alpha value is -0.900. The van der Waals surface area contributed by atoms with Crippen molar-refractivity contribution in [3.8, 4) is 0 Å². The molecular formula is C6H15B4F16O-3. The first-order chi connectivity index (χ1) is 11.3. The Morgan fingerprint density at radius 2 is 0.444 bits per heavy atom. The lowest BCUT2D eigenvalue weighted by molar-refractivity contribution is -0.119. The molecule has 0 aromatic rings. The van der Waals surface area contributed by atoms with Crippen LogP contribution in [0.1, 0.15) is 20.8 Å². The molecule has 0 radical (unpaired) electrons. The third kappa shape index (κ3) is 515. The van der Waals surface area contributed by atoms with Crippen LogP contribution in [-0.2, 0) is 4.37 Å². The monoisotopic (exact) mass is 451 g/mol. The first kappa shape index (κ1) is 36.9. The molecular weight excluding hydrogens is 435 g/mol. The van der Waals surface area contributed by atoms with Gasteiger partial charge in [-0.25, -0.2) is 0 Å². The van der Waals surface area contributed by atoms with Gasteiger partial charge in [0.05, 0.1) is 0 Å². The van der Waals surface area contributed by atoms with Crippen LogP contribution in [0.25, 0.3) is 0 Å². The minimum Gasteiger partial charge on any atom is -0.422 e. The highest BCUT2D eigenvalue weighted by Crippen LogP contribution is 2.08. The topological polar surface area (TPSA) is 2.70 Å². The molecule has 0 unspecified atom stereocenters. The van der Waals surface area contributed by atoms with E-state index >= 15 is 0 Å². The van der Waals surface area contributed by atoms with E-state index in [1.807, 2.05) is 0 Å². The van der Waals surface area contributed by atoms with Gasteiger partial charge in [0.15, 0.2) is 0 Å². The maximum atomic E-state index is 9.75. The molecule has 172 valence electrons. The highest BCUT2D eigenvalue weighted by Gasteiger charge is 2.21. The van der Waals surface area contributed by atoms with Gasteiger partial charge in [0.25, 0.3) is 0 Å². The molecule has 0 aliphatic carbocycles. The van der Waals surface area contributed by atoms with Crippen LogP contribution in [0.4, 0.5) is 69.1 Å². The zero-order valence-electron chi connectivity index (χ0n) is 13.9. The van der Waals surface area contributed by atoms with Gasteiger partial charge in [-0.15, -0.1) is 0 Å². The summed E-state index contributed by atoms with van der Waals surface area (Å²) in [6.07, 6.45) is 0. The molecule has 0 heterocycles. The van der Waals surface area contributed by atoms with Gasteiger partial charge < -0.3 is 73.4 Å². The van der Waals surface area contributed by atoms with Crippen LogP contribution in [0.15, 0.2) is 0 Å². The van der Waals surface area contributed by atoms with Crippen molar-refractivity contribution in [2.45, 2.75) is 20.8 Å². The summed E-state index contributed by atoms with van der Waals surface area (Å²) >= 11 is 0. The van der Waals surface area contributed by atoms with E-state index < -0.39 is 29.0 Å². The second-order valence-corrected chi connectivity index (χ2v) is 3.46. The lowest BCUT2D eigenvalue weighted by atomic mass is 10.3. The molecule has 0 saturated carbocycles. The molecule has 1 nitrogen and oxygen atoms in total. The van der Waals surface area contributed by atoms with Crippen molar-refractivity contribution in [3.63, 3.8) is 0 Å². The van der Waals surface area contributed by atoms with Crippen molar-refractivity contribution >= 4 is 29.0 Å². The maximum absolute atomic E-state index is 9.75. The normalized spacial score (nSPS) is 11.6. The summed E-state index contributed by atoms with van der Waals surface area (Å²) in [4.78, 5) is 0. The quantitative estimate of drug-likeness (QED) is 0.253. The second kappa shape index (κ2) is 17.2. The molecule has 0 spiro atoms. The minimum absolute atomic E-state index is 1.10. The van der Waals surface area contributed by atoms with Crippen molar-refractivity contribution in [1.29, 1.82) is 0 Å². The molecule has 0 saturated heterocycles. The molecule has 0 aliphatic heterocycles. The Morgan fingerprint density at radius 3 is 0.444 bits per heavy atom. The van der Waals surface area contributed by atoms with Crippen molar-refractivity contribution in [2.24, 2.45) is 0 Å². The average molecular weight is 450 g/mol. The van der Waals surface area contributed by atoms with Gasteiger partial charge in [0.1, 0.15) is 19.8 Å². The molecule has 0 aliphatic rings. The summed E-state index contributed by atoms with van der Waals surface area (Å²) < 4.78 is 159. The van der Waals surface area contributed by atoms with Gasteiger partial charge in [-0.2, -0.15) is 0 Å². The molecule has 0 amide bonds. The average Bonchev–Trinajstić information content (AvgIpc) is 2.21. The number of hydrogen-bond donors (Lipinski definition) is 0. The zero-order chi connectivity index (χ0) is 23.7. The van der Waals surface area contributed by atoms with E-state index in [-0.39, 0.29) is 0 Å². The Morgan fingerprint density at radius 1 is 0.370 bits per heavy atom. The van der Waals surface area contributed by atoms with Crippen LogP contribution >= 0.6 is 0 Å². The van der Waals surface area contributed by atoms with Gasteiger partial charge in [0, 0.05) is 20.8 Å². The minimum atomic E-state index is -6.00. The third-order valence-corrected chi connectivity index (χ3v) is 1.22. The Kier molecular flexibility index (Phi) is 23.5. The predicted molar refractivity (Wildman–Crippen MR) is 73.5 cm³/mol. The van der Waals surface area contributed by atoms with E-state index in [0.717, 1.165) is 19.8 Å². The fourth-order valence-corrected chi connectivity index (χ4v) is 0.612. The molecule has 0 aromatic carbocycles. The van der Waals surface area contributed by atoms with E-state index in [0.29, 0.717) is 0 Å². The van der Waals surface area contributed by atoms with Crippen LogP contribution in [0.2, 0.25) is 0 Å². The van der Waals surface area contributed by atoms with Crippen LogP contribution in [0.3, 0.4) is 0 Å². The molecule has 0 fully saturated rings. The predicted octanol–water partition coefficient (Wildman–Crippen LogP) is 6.80. The second-order valence-electron chi connectivity index (χ2n) is 3.46. The van der Waals surface area contributed by atoms with Crippen LogP contribution in [0.5, 0.6) is 0 Å². The first-order valence-corrected chi connectivity index (χ1v) is 6.48. The van der Waals surface area contributed by atoms with Gasteiger partial charge >= 0.3 is 29.0 Å². The molecule has 0 rings (SSSR count). The van der Waals surface area contributed by atoms with E-state index in [1.165, 1.54) is 0 Å². The summed E-state index contributed by atoms with van der Waals surface area (Å²) in [6, 6.07) is 0. The van der Waals surface area contributed by atoms with E-state index in [4.69, 9.17) is 0 Å². The Labute approximate surface area is 144 Å². The Balaban J connectivity index is -0.0000000753. The smallest absolute Gasteiger partial charge is 0.422 e. The third-order valence-electron chi connectivity index (χ3n) is 1.22. The lowest BCUT2D eigenvalue weighted by Crippen LogP contribution is -2.11. The van der Waals surface area contributed by atoms with E-state index in [2.05, 4.69) is 25.1 Å². The lowest BCUT2D eigenvalue weighted by Gasteiger charge is -2.11. The highest BCUT2D eigenvalue weighted by atomic mass is 19.5. The fraction of sp³-hybridized carbons (Fsp3) is 1.00. The largest absolute Gasteiger partial charge is 0.673 e. The molecule has 27 heavy (non-hydrogen) atoms. The SMILES string of the molecule is CC[O+](CC)CC.F[B-](F)(F)F.F[B-](F)(F)F.F[B-](F)(F)F.F[B-](F)(F)F. The first-order valence-electron chi connectivity index (χ1n) is 6.48. The highest BCUT2D eigenvalue weighted by molar-refractivity contribution is 6.50. The standard InChI is InChI=1S/C6H15O.4BF4/c1-4-7(5-2)6-3;4*2-1(3,4)5/h4-6H2,1-3H3;;;;/q+1;4*-1. The summed E-state index contributed by atoms with van der Waals surface area (Å²) in [7, 11) is -24.0. The zero-order valence-corrected chi connectivity index (χ0v) is 13.9. The molecule has 0 N–H and O–H groups in total. The van der Waals surface area contributed by atoms with Crippen LogP contribution in [-0.4, -0.2) is 48.8 Å². The number of hydrogen-bond acceptors (Lipinski definition) is 0. The maximum Gasteiger partial charge on any atom is 0.673 e. The van der Waals surface area contributed by atoms with Crippen molar-refractivity contribution in [2.75, 3.05) is 19.8 Å². The van der Waals surface area contributed by atoms with Gasteiger partial charge in [-0.1, -0.05) is 0 Å². The summed E-state index contributed by atoms with van der Waals surface area (Å²) in [5.41, 5.74) is 0. The van der Waals surface area contributed by atoms with Crippen LogP contribution in [0, 0.1) is 0 Å². The summed E-state index contributed by atoms with van der Waals surface area (Å²) in [5, 5.41) is 0. The van der Waals surface area contributed by atoms with Gasteiger partial charge in [-0.3, -0.25) is 0 Å². The van der Waals surface area contributed by atoms with Gasteiger partial charge in [-0.05, 0) is 0 Å². The van der Waals surface area contributed by atoms with E-state index in [1.54, 1.807) is 0 Å². The summed E-state index contributed by atoms with van der Waals surface area (Å²) in [6.45, 7) is 9.76. The van der Waals surface area contributed by atoms with Crippen molar-refractivity contribution in [1.82, 2.24) is 0 Å². The van der Waals surface area contributed by atoms with E-state index in [9.17, 15) is 69.1 Å². The molecule has 0 bridgehead atoms. The number of halogens is 16.